The maximum atomic E-state index is 10.7. The normalized spacial score (nSPS) is 11.2. The van der Waals surface area contributed by atoms with Crippen LogP contribution in [0.15, 0.2) is 18.3 Å². The van der Waals surface area contributed by atoms with Gasteiger partial charge in [-0.2, -0.15) is 0 Å². The van der Waals surface area contributed by atoms with Crippen LogP contribution in [0.1, 0.15) is 26.7 Å². The molecule has 1 rings (SSSR count). The van der Waals surface area contributed by atoms with Gasteiger partial charge in [-0.3, -0.25) is 10.1 Å². The second kappa shape index (κ2) is 5.58. The summed E-state index contributed by atoms with van der Waals surface area (Å²) in [4.78, 5) is 14.2. The maximum Gasteiger partial charge on any atom is 0.311 e. The van der Waals surface area contributed by atoms with Gasteiger partial charge in [0, 0.05) is 18.8 Å². The monoisotopic (exact) mass is 239 g/mol. The molecule has 0 radical (unpaired) electrons. The number of pyridine rings is 1. The van der Waals surface area contributed by atoms with Crippen LogP contribution in [-0.2, 0) is 0 Å². The molecule has 1 aromatic heterocycles. The van der Waals surface area contributed by atoms with E-state index in [1.165, 1.54) is 18.3 Å². The molecule has 0 aliphatic carbocycles. The van der Waals surface area contributed by atoms with Crippen LogP contribution in [0.5, 0.6) is 0 Å². The second-order valence-electron chi connectivity index (χ2n) is 3.91. The first kappa shape index (κ1) is 13.4. The summed E-state index contributed by atoms with van der Waals surface area (Å²) in [6.45, 7) is 3.99. The van der Waals surface area contributed by atoms with Gasteiger partial charge in [0.15, 0.2) is 0 Å². The van der Waals surface area contributed by atoms with Crippen molar-refractivity contribution in [2.75, 3.05) is 11.9 Å². The van der Waals surface area contributed by atoms with E-state index in [0.717, 1.165) is 0 Å². The lowest BCUT2D eigenvalue weighted by atomic mass is 9.98. The highest BCUT2D eigenvalue weighted by Gasteiger charge is 2.23. The Balaban J connectivity index is 2.79. The van der Waals surface area contributed by atoms with E-state index in [1.54, 1.807) is 0 Å². The zero-order valence-corrected chi connectivity index (χ0v) is 10.0. The number of anilines is 1. The van der Waals surface area contributed by atoms with E-state index < -0.39 is 10.5 Å². The standard InChI is InChI=1S/C11H17N3O3/c1-3-11(15,4-2)8-13-10-9(14(16)17)6-5-7-12-10/h5-7,15H,3-4,8H2,1-2H3,(H,12,13). The Morgan fingerprint density at radius 2 is 2.18 bits per heavy atom. The number of hydrogen-bond acceptors (Lipinski definition) is 5. The molecule has 0 saturated carbocycles. The molecule has 6 heteroatoms. The van der Waals surface area contributed by atoms with Crippen molar-refractivity contribution in [3.8, 4) is 0 Å². The minimum Gasteiger partial charge on any atom is -0.388 e. The van der Waals surface area contributed by atoms with Crippen LogP contribution in [-0.4, -0.2) is 27.2 Å². The number of nitrogens with zero attached hydrogens (tertiary/aromatic N) is 2. The molecule has 0 unspecified atom stereocenters. The molecule has 0 saturated heterocycles. The van der Waals surface area contributed by atoms with Crippen LogP contribution in [0.4, 0.5) is 11.5 Å². The minimum atomic E-state index is -0.856. The van der Waals surface area contributed by atoms with Gasteiger partial charge < -0.3 is 10.4 Å². The fourth-order valence-electron chi connectivity index (χ4n) is 1.43. The predicted octanol–water partition coefficient (Wildman–Crippen LogP) is 1.95. The van der Waals surface area contributed by atoms with Gasteiger partial charge in [0.1, 0.15) is 0 Å². The average Bonchev–Trinajstić information content (AvgIpc) is 2.36. The Hall–Kier alpha value is -1.69. The molecule has 0 atom stereocenters. The van der Waals surface area contributed by atoms with Gasteiger partial charge >= 0.3 is 5.69 Å². The van der Waals surface area contributed by atoms with E-state index in [9.17, 15) is 15.2 Å². The smallest absolute Gasteiger partial charge is 0.311 e. The van der Waals surface area contributed by atoms with Gasteiger partial charge in [-0.15, -0.1) is 0 Å². The number of aliphatic hydroxyl groups is 1. The van der Waals surface area contributed by atoms with Crippen LogP contribution in [0.3, 0.4) is 0 Å². The molecule has 17 heavy (non-hydrogen) atoms. The topological polar surface area (TPSA) is 88.3 Å². The maximum absolute atomic E-state index is 10.7. The summed E-state index contributed by atoms with van der Waals surface area (Å²) in [7, 11) is 0. The summed E-state index contributed by atoms with van der Waals surface area (Å²) in [6.07, 6.45) is 2.64. The van der Waals surface area contributed by atoms with Gasteiger partial charge in [0.05, 0.1) is 10.5 Å². The number of rotatable bonds is 6. The first-order chi connectivity index (χ1) is 8.02. The molecule has 0 aliphatic heterocycles. The Morgan fingerprint density at radius 1 is 1.53 bits per heavy atom. The first-order valence-corrected chi connectivity index (χ1v) is 5.58. The van der Waals surface area contributed by atoms with Gasteiger partial charge in [-0.25, -0.2) is 4.98 Å². The van der Waals surface area contributed by atoms with Crippen LogP contribution >= 0.6 is 0 Å². The molecule has 1 aromatic rings. The lowest BCUT2D eigenvalue weighted by Crippen LogP contribution is -2.35. The van der Waals surface area contributed by atoms with E-state index in [-0.39, 0.29) is 18.1 Å². The molecule has 0 fully saturated rings. The zero-order chi connectivity index (χ0) is 12.9. The molecule has 0 aliphatic rings. The quantitative estimate of drug-likeness (QED) is 0.585. The van der Waals surface area contributed by atoms with Crippen molar-refractivity contribution in [2.45, 2.75) is 32.3 Å². The van der Waals surface area contributed by atoms with Crippen molar-refractivity contribution in [3.05, 3.63) is 28.4 Å². The lowest BCUT2D eigenvalue weighted by molar-refractivity contribution is -0.384. The SMILES string of the molecule is CCC(O)(CC)CNc1ncccc1[N+](=O)[O-]. The molecular weight excluding hydrogens is 222 g/mol. The van der Waals surface area contributed by atoms with Gasteiger partial charge in [0.25, 0.3) is 0 Å². The number of nitrogens with one attached hydrogen (secondary N) is 1. The molecule has 6 nitrogen and oxygen atoms in total. The Labute approximate surface area is 99.8 Å². The van der Waals surface area contributed by atoms with Crippen molar-refractivity contribution in [2.24, 2.45) is 0 Å². The van der Waals surface area contributed by atoms with Crippen molar-refractivity contribution in [1.82, 2.24) is 4.98 Å². The Morgan fingerprint density at radius 3 is 2.71 bits per heavy atom. The third-order valence-corrected chi connectivity index (χ3v) is 2.88. The van der Waals surface area contributed by atoms with Crippen LogP contribution < -0.4 is 5.32 Å². The second-order valence-corrected chi connectivity index (χ2v) is 3.91. The minimum absolute atomic E-state index is 0.0814. The van der Waals surface area contributed by atoms with Gasteiger partial charge in [0.2, 0.25) is 5.82 Å². The Kier molecular flexibility index (Phi) is 4.39. The summed E-state index contributed by atoms with van der Waals surface area (Å²) in [6, 6.07) is 2.89. The third-order valence-electron chi connectivity index (χ3n) is 2.88. The third kappa shape index (κ3) is 3.39. The summed E-state index contributed by atoms with van der Waals surface area (Å²) in [5, 5.41) is 23.6. The molecular formula is C11H17N3O3. The molecule has 94 valence electrons. The summed E-state index contributed by atoms with van der Waals surface area (Å²) < 4.78 is 0. The summed E-state index contributed by atoms with van der Waals surface area (Å²) in [5.41, 5.74) is -0.937. The number of hydrogen-bond donors (Lipinski definition) is 2. The van der Waals surface area contributed by atoms with E-state index in [2.05, 4.69) is 10.3 Å². The van der Waals surface area contributed by atoms with Gasteiger partial charge in [-0.05, 0) is 18.9 Å². The fraction of sp³-hybridized carbons (Fsp3) is 0.545. The van der Waals surface area contributed by atoms with Crippen molar-refractivity contribution >= 4 is 11.5 Å². The highest BCUT2D eigenvalue weighted by Crippen LogP contribution is 2.22. The molecule has 0 bridgehead atoms. The van der Waals surface area contributed by atoms with E-state index >= 15 is 0 Å². The van der Waals surface area contributed by atoms with Gasteiger partial charge in [-0.1, -0.05) is 13.8 Å². The van der Waals surface area contributed by atoms with Crippen molar-refractivity contribution in [1.29, 1.82) is 0 Å². The molecule has 0 spiro atoms. The largest absolute Gasteiger partial charge is 0.388 e. The fourth-order valence-corrected chi connectivity index (χ4v) is 1.43. The van der Waals surface area contributed by atoms with Crippen LogP contribution in [0.25, 0.3) is 0 Å². The summed E-state index contributed by atoms with van der Waals surface area (Å²) in [5.74, 6) is 0.192. The van der Waals surface area contributed by atoms with Crippen LogP contribution in [0, 0.1) is 10.1 Å². The number of aromatic nitrogens is 1. The zero-order valence-electron chi connectivity index (χ0n) is 10.0. The number of nitro groups is 1. The van der Waals surface area contributed by atoms with Crippen molar-refractivity contribution in [3.63, 3.8) is 0 Å². The van der Waals surface area contributed by atoms with E-state index in [4.69, 9.17) is 0 Å². The predicted molar refractivity (Wildman–Crippen MR) is 64.9 cm³/mol. The first-order valence-electron chi connectivity index (χ1n) is 5.58. The highest BCUT2D eigenvalue weighted by atomic mass is 16.6. The van der Waals surface area contributed by atoms with E-state index in [0.29, 0.717) is 12.8 Å². The molecule has 2 N–H and O–H groups in total. The van der Waals surface area contributed by atoms with Crippen molar-refractivity contribution < 1.29 is 10.0 Å². The lowest BCUT2D eigenvalue weighted by Gasteiger charge is -2.25. The highest BCUT2D eigenvalue weighted by molar-refractivity contribution is 5.55. The average molecular weight is 239 g/mol. The molecule has 1 heterocycles. The van der Waals surface area contributed by atoms with E-state index in [1.807, 2.05) is 13.8 Å². The Bertz CT molecular complexity index is 391. The molecule has 0 aromatic carbocycles. The van der Waals surface area contributed by atoms with Crippen LogP contribution in [0.2, 0.25) is 0 Å². The molecule has 0 amide bonds. The summed E-state index contributed by atoms with van der Waals surface area (Å²) >= 11 is 0.